The second-order valence-corrected chi connectivity index (χ2v) is 8.66. The van der Waals surface area contributed by atoms with Crippen LogP contribution in [0.3, 0.4) is 0 Å². The van der Waals surface area contributed by atoms with Crippen molar-refractivity contribution in [2.75, 3.05) is 20.8 Å². The van der Waals surface area contributed by atoms with E-state index in [1.54, 1.807) is 13.8 Å². The average molecular weight is 406 g/mol. The Labute approximate surface area is 159 Å². The number of nitrogens with one attached hydrogen (secondary N) is 1. The molecule has 0 aromatic heterocycles. The molecular formula is C17H24ClNO6S. The van der Waals surface area contributed by atoms with E-state index in [1.165, 1.54) is 32.4 Å². The summed E-state index contributed by atoms with van der Waals surface area (Å²) in [6, 6.07) is 3.78. The topological polar surface area (TPSA) is 98.8 Å². The molecule has 0 saturated carbocycles. The molecule has 26 heavy (non-hydrogen) atoms. The second-order valence-electron chi connectivity index (χ2n) is 6.19. The smallest absolute Gasteiger partial charge is 0.337 e. The van der Waals surface area contributed by atoms with Crippen LogP contribution in [-0.4, -0.2) is 46.4 Å². The maximum atomic E-state index is 12.7. The highest BCUT2D eigenvalue weighted by Gasteiger charge is 2.38. The average Bonchev–Trinajstić information content (AvgIpc) is 3.09. The summed E-state index contributed by atoms with van der Waals surface area (Å²) in [6.45, 7) is 3.73. The van der Waals surface area contributed by atoms with Crippen molar-refractivity contribution < 1.29 is 27.5 Å². The van der Waals surface area contributed by atoms with E-state index in [9.17, 15) is 18.0 Å². The summed E-state index contributed by atoms with van der Waals surface area (Å²) in [5, 5.41) is 2.53. The summed E-state index contributed by atoms with van der Waals surface area (Å²) in [7, 11) is -1.04. The van der Waals surface area contributed by atoms with Gasteiger partial charge in [0.15, 0.2) is 9.84 Å². The van der Waals surface area contributed by atoms with Crippen molar-refractivity contribution in [3.05, 3.63) is 29.3 Å². The molecule has 0 spiro atoms. The maximum Gasteiger partial charge on any atom is 0.337 e. The van der Waals surface area contributed by atoms with Gasteiger partial charge in [-0.05, 0) is 50.6 Å². The number of rotatable bonds is 5. The monoisotopic (exact) mass is 405 g/mol. The van der Waals surface area contributed by atoms with E-state index in [-0.39, 0.29) is 22.9 Å². The zero-order valence-electron chi connectivity index (χ0n) is 15.1. The van der Waals surface area contributed by atoms with E-state index >= 15 is 0 Å². The number of hydrogen-bond donors (Lipinski definition) is 1. The first kappa shape index (κ1) is 22.4. The molecule has 7 nitrogen and oxygen atoms in total. The largest absolute Gasteiger partial charge is 0.469 e. The van der Waals surface area contributed by atoms with Crippen LogP contribution in [0.2, 0.25) is 0 Å². The van der Waals surface area contributed by atoms with E-state index in [4.69, 9.17) is 9.47 Å². The molecule has 1 saturated heterocycles. The molecule has 0 unspecified atom stereocenters. The third kappa shape index (κ3) is 4.19. The van der Waals surface area contributed by atoms with Gasteiger partial charge in [-0.15, -0.1) is 12.4 Å². The summed E-state index contributed by atoms with van der Waals surface area (Å²) in [5.74, 6) is -1.49. The highest BCUT2D eigenvalue weighted by molar-refractivity contribution is 7.92. The SMILES string of the molecule is COC(=O)c1ccc(S(=O)(=O)C(C)C)c([C@@H]2NCC[C@@H]2C(=O)OC)c1.Cl. The van der Waals surface area contributed by atoms with Gasteiger partial charge in [0.1, 0.15) is 0 Å². The summed E-state index contributed by atoms with van der Waals surface area (Å²) in [6.07, 6.45) is 0.529. The van der Waals surface area contributed by atoms with Gasteiger partial charge in [-0.3, -0.25) is 4.79 Å². The Morgan fingerprint density at radius 1 is 1.19 bits per heavy atom. The predicted octanol–water partition coefficient (Wildman–Crippen LogP) is 1.90. The van der Waals surface area contributed by atoms with Gasteiger partial charge in [0, 0.05) is 6.04 Å². The summed E-state index contributed by atoms with van der Waals surface area (Å²) < 4.78 is 35.1. The summed E-state index contributed by atoms with van der Waals surface area (Å²) >= 11 is 0. The van der Waals surface area contributed by atoms with Gasteiger partial charge in [-0.2, -0.15) is 0 Å². The van der Waals surface area contributed by atoms with Gasteiger partial charge in [0.2, 0.25) is 0 Å². The van der Waals surface area contributed by atoms with Crippen molar-refractivity contribution in [2.45, 2.75) is 36.5 Å². The molecule has 0 bridgehead atoms. The van der Waals surface area contributed by atoms with Crippen LogP contribution >= 0.6 is 12.4 Å². The Morgan fingerprint density at radius 3 is 2.38 bits per heavy atom. The van der Waals surface area contributed by atoms with Crippen LogP contribution in [0.5, 0.6) is 0 Å². The number of carbonyl (C=O) groups is 2. The van der Waals surface area contributed by atoms with Gasteiger partial charge in [-0.1, -0.05) is 0 Å². The number of ether oxygens (including phenoxy) is 2. The molecule has 1 aromatic rings. The van der Waals surface area contributed by atoms with Crippen molar-refractivity contribution in [1.29, 1.82) is 0 Å². The molecule has 0 aliphatic carbocycles. The molecule has 1 fully saturated rings. The Balaban J connectivity index is 0.00000338. The van der Waals surface area contributed by atoms with E-state index in [0.29, 0.717) is 18.5 Å². The summed E-state index contributed by atoms with van der Waals surface area (Å²) in [5.41, 5.74) is 0.627. The first-order valence-electron chi connectivity index (χ1n) is 8.01. The molecule has 1 aromatic carbocycles. The fraction of sp³-hybridized carbons (Fsp3) is 0.529. The normalized spacial score (nSPS) is 19.7. The molecule has 146 valence electrons. The van der Waals surface area contributed by atoms with Crippen molar-refractivity contribution in [3.8, 4) is 0 Å². The van der Waals surface area contributed by atoms with Crippen LogP contribution in [0, 0.1) is 5.92 Å². The molecule has 2 atom stereocenters. The zero-order chi connectivity index (χ0) is 18.8. The highest BCUT2D eigenvalue weighted by Crippen LogP contribution is 2.36. The number of sulfone groups is 1. The van der Waals surface area contributed by atoms with E-state index in [0.717, 1.165) is 0 Å². The van der Waals surface area contributed by atoms with E-state index in [2.05, 4.69) is 5.32 Å². The van der Waals surface area contributed by atoms with Crippen molar-refractivity contribution >= 4 is 34.2 Å². The minimum atomic E-state index is -3.59. The third-order valence-corrected chi connectivity index (χ3v) is 6.65. The molecule has 9 heteroatoms. The molecule has 2 rings (SSSR count). The maximum absolute atomic E-state index is 12.7. The Bertz CT molecular complexity index is 777. The van der Waals surface area contributed by atoms with Gasteiger partial charge < -0.3 is 14.8 Å². The first-order chi connectivity index (χ1) is 11.7. The second kappa shape index (κ2) is 8.83. The lowest BCUT2D eigenvalue weighted by molar-refractivity contribution is -0.145. The third-order valence-electron chi connectivity index (χ3n) is 4.42. The Kier molecular flexibility index (Phi) is 7.61. The standard InChI is InChI=1S/C17H23NO6S.ClH/c1-10(2)25(21,22)14-6-5-11(16(19)23-3)9-13(14)15-12(7-8-18-15)17(20)24-4;/h5-6,9-10,12,15,18H,7-8H2,1-4H3;1H/t12-,15+;/m0./s1. The van der Waals surface area contributed by atoms with Crippen LogP contribution in [0.1, 0.15) is 42.2 Å². The van der Waals surface area contributed by atoms with Crippen molar-refractivity contribution in [3.63, 3.8) is 0 Å². The molecule has 1 aliphatic rings. The van der Waals surface area contributed by atoms with E-state index < -0.39 is 39.0 Å². The number of benzene rings is 1. The van der Waals surface area contributed by atoms with Gasteiger partial charge in [0.05, 0.1) is 35.8 Å². The number of esters is 2. The number of halogens is 1. The quantitative estimate of drug-likeness (QED) is 0.747. The van der Waals surface area contributed by atoms with E-state index in [1.807, 2.05) is 0 Å². The van der Waals surface area contributed by atoms with Gasteiger partial charge >= 0.3 is 11.9 Å². The van der Waals surface area contributed by atoms with Gasteiger partial charge in [-0.25, -0.2) is 13.2 Å². The molecule has 1 N–H and O–H groups in total. The minimum Gasteiger partial charge on any atom is -0.469 e. The Morgan fingerprint density at radius 2 is 1.85 bits per heavy atom. The fourth-order valence-electron chi connectivity index (χ4n) is 2.98. The number of methoxy groups -OCH3 is 2. The molecule has 0 radical (unpaired) electrons. The number of carbonyl (C=O) groups excluding carboxylic acids is 2. The molecule has 0 amide bonds. The van der Waals surface area contributed by atoms with Crippen LogP contribution in [-0.2, 0) is 24.1 Å². The highest BCUT2D eigenvalue weighted by atomic mass is 35.5. The lowest BCUT2D eigenvalue weighted by Gasteiger charge is -2.22. The Hall–Kier alpha value is -1.64. The number of hydrogen-bond acceptors (Lipinski definition) is 7. The van der Waals surface area contributed by atoms with Crippen LogP contribution < -0.4 is 5.32 Å². The van der Waals surface area contributed by atoms with Crippen LogP contribution in [0.4, 0.5) is 0 Å². The van der Waals surface area contributed by atoms with Crippen molar-refractivity contribution in [1.82, 2.24) is 5.32 Å². The summed E-state index contributed by atoms with van der Waals surface area (Å²) in [4.78, 5) is 24.0. The van der Waals surface area contributed by atoms with Crippen LogP contribution in [0.25, 0.3) is 0 Å². The first-order valence-corrected chi connectivity index (χ1v) is 9.56. The van der Waals surface area contributed by atoms with Gasteiger partial charge in [0.25, 0.3) is 0 Å². The zero-order valence-corrected chi connectivity index (χ0v) is 16.8. The molecule has 1 aliphatic heterocycles. The lowest BCUT2D eigenvalue weighted by Crippen LogP contribution is -2.27. The molecule has 1 heterocycles. The molecular weight excluding hydrogens is 382 g/mol. The lowest BCUT2D eigenvalue weighted by atomic mass is 9.93. The van der Waals surface area contributed by atoms with Crippen molar-refractivity contribution in [2.24, 2.45) is 5.92 Å². The van der Waals surface area contributed by atoms with Crippen LogP contribution in [0.15, 0.2) is 23.1 Å². The predicted molar refractivity (Wildman–Crippen MR) is 98.2 cm³/mol. The minimum absolute atomic E-state index is 0. The fourth-order valence-corrected chi connectivity index (χ4v) is 4.26.